The van der Waals surface area contributed by atoms with Gasteiger partial charge in [-0.2, -0.15) is 0 Å². The van der Waals surface area contributed by atoms with Gasteiger partial charge in [0.2, 0.25) is 0 Å². The van der Waals surface area contributed by atoms with E-state index < -0.39 is 0 Å². The second kappa shape index (κ2) is 9.53. The average molecular weight is 236 g/mol. The predicted molar refractivity (Wildman–Crippen MR) is 60.0 cm³/mol. The van der Waals surface area contributed by atoms with Gasteiger partial charge < -0.3 is 5.32 Å². The number of nitrogens with one attached hydrogen (secondary N) is 1. The summed E-state index contributed by atoms with van der Waals surface area (Å²) in [6, 6.07) is 0. The van der Waals surface area contributed by atoms with Gasteiger partial charge in [0.1, 0.15) is 0 Å². The SMILES string of the molecule is CC(C)CNCCCCCCBr. The summed E-state index contributed by atoms with van der Waals surface area (Å²) < 4.78 is 0. The first-order valence-corrected chi connectivity index (χ1v) is 6.16. The maximum atomic E-state index is 3.45. The molecule has 0 spiro atoms. The summed E-state index contributed by atoms with van der Waals surface area (Å²) in [6.45, 7) is 6.86. The molecule has 0 unspecified atom stereocenters. The average Bonchev–Trinajstić information content (AvgIpc) is 2.02. The first-order valence-electron chi connectivity index (χ1n) is 5.04. The van der Waals surface area contributed by atoms with Crippen LogP contribution in [0.15, 0.2) is 0 Å². The molecule has 0 rings (SSSR count). The molecule has 2 heteroatoms. The lowest BCUT2D eigenvalue weighted by molar-refractivity contribution is 0.529. The minimum Gasteiger partial charge on any atom is -0.316 e. The van der Waals surface area contributed by atoms with Crippen molar-refractivity contribution in [3.05, 3.63) is 0 Å². The maximum Gasteiger partial charge on any atom is 0.00313 e. The molecule has 12 heavy (non-hydrogen) atoms. The molecule has 0 atom stereocenters. The Morgan fingerprint density at radius 2 is 1.75 bits per heavy atom. The standard InChI is InChI=1S/C10H22BrN/c1-10(2)9-12-8-6-4-3-5-7-11/h10,12H,3-9H2,1-2H3. The van der Waals surface area contributed by atoms with Gasteiger partial charge in [-0.25, -0.2) is 0 Å². The lowest BCUT2D eigenvalue weighted by Gasteiger charge is -2.06. The van der Waals surface area contributed by atoms with Crippen LogP contribution in [0.4, 0.5) is 0 Å². The van der Waals surface area contributed by atoms with Crippen molar-refractivity contribution in [1.82, 2.24) is 5.32 Å². The van der Waals surface area contributed by atoms with Gasteiger partial charge >= 0.3 is 0 Å². The zero-order valence-corrected chi connectivity index (χ0v) is 9.99. The highest BCUT2D eigenvalue weighted by Gasteiger charge is 1.92. The molecule has 0 bridgehead atoms. The summed E-state index contributed by atoms with van der Waals surface area (Å²) in [6.07, 6.45) is 5.40. The molecule has 0 amide bonds. The van der Waals surface area contributed by atoms with Gasteiger partial charge in [0, 0.05) is 5.33 Å². The molecule has 0 aromatic heterocycles. The molecular weight excluding hydrogens is 214 g/mol. The Balaban J connectivity index is 2.82. The molecular formula is C10H22BrN. The fraction of sp³-hybridized carbons (Fsp3) is 1.00. The molecule has 0 aliphatic heterocycles. The highest BCUT2D eigenvalue weighted by molar-refractivity contribution is 9.09. The van der Waals surface area contributed by atoms with E-state index in [1.807, 2.05) is 0 Å². The Morgan fingerprint density at radius 1 is 1.08 bits per heavy atom. The highest BCUT2D eigenvalue weighted by Crippen LogP contribution is 2.00. The van der Waals surface area contributed by atoms with Crippen molar-refractivity contribution in [3.63, 3.8) is 0 Å². The van der Waals surface area contributed by atoms with E-state index in [2.05, 4.69) is 35.1 Å². The smallest absolute Gasteiger partial charge is 0.00313 e. The van der Waals surface area contributed by atoms with Crippen LogP contribution in [0.3, 0.4) is 0 Å². The summed E-state index contributed by atoms with van der Waals surface area (Å²) in [5.74, 6) is 0.785. The van der Waals surface area contributed by atoms with E-state index in [0.717, 1.165) is 11.2 Å². The van der Waals surface area contributed by atoms with Crippen LogP contribution < -0.4 is 5.32 Å². The predicted octanol–water partition coefficient (Wildman–Crippen LogP) is 3.19. The van der Waals surface area contributed by atoms with Crippen LogP contribution in [0.2, 0.25) is 0 Å². The third-order valence-electron chi connectivity index (χ3n) is 1.79. The second-order valence-electron chi connectivity index (χ2n) is 3.70. The van der Waals surface area contributed by atoms with Crippen molar-refractivity contribution in [2.75, 3.05) is 18.4 Å². The van der Waals surface area contributed by atoms with E-state index in [1.165, 1.54) is 38.8 Å². The third kappa shape index (κ3) is 10.4. The van der Waals surface area contributed by atoms with Crippen molar-refractivity contribution < 1.29 is 0 Å². The molecule has 0 aliphatic carbocycles. The van der Waals surface area contributed by atoms with Crippen LogP contribution in [0.5, 0.6) is 0 Å². The molecule has 0 heterocycles. The normalized spacial score (nSPS) is 11.0. The highest BCUT2D eigenvalue weighted by atomic mass is 79.9. The van der Waals surface area contributed by atoms with Crippen molar-refractivity contribution in [1.29, 1.82) is 0 Å². The van der Waals surface area contributed by atoms with E-state index in [0.29, 0.717) is 0 Å². The lowest BCUT2D eigenvalue weighted by Crippen LogP contribution is -2.20. The van der Waals surface area contributed by atoms with E-state index in [-0.39, 0.29) is 0 Å². The summed E-state index contributed by atoms with van der Waals surface area (Å²) >= 11 is 3.44. The summed E-state index contributed by atoms with van der Waals surface area (Å²) in [4.78, 5) is 0. The van der Waals surface area contributed by atoms with E-state index in [4.69, 9.17) is 0 Å². The monoisotopic (exact) mass is 235 g/mol. The number of hydrogen-bond donors (Lipinski definition) is 1. The quantitative estimate of drug-likeness (QED) is 0.504. The number of hydrogen-bond acceptors (Lipinski definition) is 1. The maximum absolute atomic E-state index is 3.45. The Labute approximate surface area is 85.4 Å². The van der Waals surface area contributed by atoms with Gasteiger partial charge in [-0.15, -0.1) is 0 Å². The second-order valence-corrected chi connectivity index (χ2v) is 4.49. The Hall–Kier alpha value is 0.440. The Kier molecular flexibility index (Phi) is 9.88. The summed E-state index contributed by atoms with van der Waals surface area (Å²) in [7, 11) is 0. The van der Waals surface area contributed by atoms with Crippen LogP contribution in [-0.2, 0) is 0 Å². The molecule has 0 fully saturated rings. The minimum absolute atomic E-state index is 0.785. The fourth-order valence-corrected chi connectivity index (χ4v) is 1.49. The molecule has 1 N–H and O–H groups in total. The van der Waals surface area contributed by atoms with Crippen molar-refractivity contribution >= 4 is 15.9 Å². The number of unbranched alkanes of at least 4 members (excludes halogenated alkanes) is 3. The molecule has 1 nitrogen and oxygen atoms in total. The zero-order chi connectivity index (χ0) is 9.23. The largest absolute Gasteiger partial charge is 0.316 e. The van der Waals surface area contributed by atoms with Gasteiger partial charge in [-0.05, 0) is 31.8 Å². The van der Waals surface area contributed by atoms with Crippen molar-refractivity contribution in [3.8, 4) is 0 Å². The molecule has 74 valence electrons. The minimum atomic E-state index is 0.785. The molecule has 0 radical (unpaired) electrons. The first-order chi connectivity index (χ1) is 5.77. The Morgan fingerprint density at radius 3 is 2.33 bits per heavy atom. The van der Waals surface area contributed by atoms with E-state index in [1.54, 1.807) is 0 Å². The summed E-state index contributed by atoms with van der Waals surface area (Å²) in [5, 5.41) is 4.61. The number of alkyl halides is 1. The molecule has 0 aromatic rings. The first kappa shape index (κ1) is 12.4. The molecule has 0 aliphatic rings. The number of halogens is 1. The van der Waals surface area contributed by atoms with Gasteiger partial charge in [-0.1, -0.05) is 42.6 Å². The van der Waals surface area contributed by atoms with Gasteiger partial charge in [0.25, 0.3) is 0 Å². The Bertz CT molecular complexity index is 83.9. The van der Waals surface area contributed by atoms with Gasteiger partial charge in [0.05, 0.1) is 0 Å². The third-order valence-corrected chi connectivity index (χ3v) is 2.35. The topological polar surface area (TPSA) is 12.0 Å². The molecule has 0 saturated carbocycles. The van der Waals surface area contributed by atoms with Crippen LogP contribution in [0.1, 0.15) is 39.5 Å². The lowest BCUT2D eigenvalue weighted by atomic mass is 10.2. The van der Waals surface area contributed by atoms with Crippen LogP contribution in [0, 0.1) is 5.92 Å². The van der Waals surface area contributed by atoms with Crippen LogP contribution in [0.25, 0.3) is 0 Å². The van der Waals surface area contributed by atoms with E-state index in [9.17, 15) is 0 Å². The zero-order valence-electron chi connectivity index (χ0n) is 8.41. The van der Waals surface area contributed by atoms with Crippen LogP contribution in [-0.4, -0.2) is 18.4 Å². The summed E-state index contributed by atoms with van der Waals surface area (Å²) in [5.41, 5.74) is 0. The van der Waals surface area contributed by atoms with Crippen molar-refractivity contribution in [2.45, 2.75) is 39.5 Å². The number of rotatable bonds is 8. The van der Waals surface area contributed by atoms with E-state index >= 15 is 0 Å². The van der Waals surface area contributed by atoms with Crippen LogP contribution >= 0.6 is 15.9 Å². The van der Waals surface area contributed by atoms with Gasteiger partial charge in [0.15, 0.2) is 0 Å². The molecule has 0 saturated heterocycles. The van der Waals surface area contributed by atoms with Crippen molar-refractivity contribution in [2.24, 2.45) is 5.92 Å². The molecule has 0 aromatic carbocycles. The fourth-order valence-electron chi connectivity index (χ4n) is 1.09. The van der Waals surface area contributed by atoms with Gasteiger partial charge in [-0.3, -0.25) is 0 Å².